The van der Waals surface area contributed by atoms with Gasteiger partial charge in [0.1, 0.15) is 12.4 Å². The van der Waals surface area contributed by atoms with E-state index in [4.69, 9.17) is 16.3 Å². The summed E-state index contributed by atoms with van der Waals surface area (Å²) in [5.41, 5.74) is 2.00. The molecule has 0 bridgehead atoms. The molecule has 2 nitrogen and oxygen atoms in total. The predicted molar refractivity (Wildman–Crippen MR) is 85.2 cm³/mol. The molecule has 4 heteroatoms. The van der Waals surface area contributed by atoms with Gasteiger partial charge < -0.3 is 4.74 Å². The molecule has 1 heterocycles. The molecule has 0 amide bonds. The normalized spacial score (nSPS) is 10.7. The Bertz CT molecular complexity index is 746. The zero-order valence-corrected chi connectivity index (χ0v) is 12.9. The lowest BCUT2D eigenvalue weighted by molar-refractivity contribution is 0.305. The number of hydrogen-bond acceptors (Lipinski definition) is 2. The first-order valence-electron chi connectivity index (χ1n) is 6.14. The van der Waals surface area contributed by atoms with Gasteiger partial charge in [0, 0.05) is 14.9 Å². The minimum Gasteiger partial charge on any atom is -0.487 e. The molecule has 0 aliphatic heterocycles. The fraction of sp³-hybridized carbons (Fsp3) is 0.0625. The van der Waals surface area contributed by atoms with Gasteiger partial charge in [-0.25, -0.2) is 0 Å². The van der Waals surface area contributed by atoms with E-state index in [1.165, 1.54) is 0 Å². The summed E-state index contributed by atoms with van der Waals surface area (Å²) in [6.45, 7) is 0.524. The molecule has 1 aromatic heterocycles. The fourth-order valence-corrected chi connectivity index (χ4v) is 2.91. The standard InChI is InChI=1S/C16H11BrClNO/c17-15-8-13(18)6-12-7-14(9-19-16(12)15)20-10-11-4-2-1-3-5-11/h1-9H,10H2. The van der Waals surface area contributed by atoms with Gasteiger partial charge in [0.25, 0.3) is 0 Å². The van der Waals surface area contributed by atoms with Crippen LogP contribution in [0, 0.1) is 0 Å². The molecule has 3 rings (SSSR count). The van der Waals surface area contributed by atoms with E-state index in [1.54, 1.807) is 6.20 Å². The van der Waals surface area contributed by atoms with Crippen molar-refractivity contribution in [2.45, 2.75) is 6.61 Å². The second kappa shape index (κ2) is 5.81. The number of fused-ring (bicyclic) bond motifs is 1. The van der Waals surface area contributed by atoms with Gasteiger partial charge in [-0.1, -0.05) is 41.9 Å². The van der Waals surface area contributed by atoms with Crippen LogP contribution in [0.15, 0.2) is 59.2 Å². The van der Waals surface area contributed by atoms with Crippen LogP contribution in [0.1, 0.15) is 5.56 Å². The maximum Gasteiger partial charge on any atom is 0.138 e. The topological polar surface area (TPSA) is 22.1 Å². The molecule has 0 aliphatic carbocycles. The van der Waals surface area contributed by atoms with Crippen molar-refractivity contribution in [3.63, 3.8) is 0 Å². The van der Waals surface area contributed by atoms with Crippen molar-refractivity contribution in [2.75, 3.05) is 0 Å². The lowest BCUT2D eigenvalue weighted by Gasteiger charge is -2.08. The van der Waals surface area contributed by atoms with Crippen LogP contribution in [0.25, 0.3) is 10.9 Å². The molecular formula is C16H11BrClNO. The quantitative estimate of drug-likeness (QED) is 0.646. The molecule has 20 heavy (non-hydrogen) atoms. The Kier molecular flexibility index (Phi) is 3.90. The smallest absolute Gasteiger partial charge is 0.138 e. The second-order valence-corrected chi connectivity index (χ2v) is 5.70. The van der Waals surface area contributed by atoms with Gasteiger partial charge in [0.05, 0.1) is 11.7 Å². The molecule has 2 aromatic carbocycles. The third-order valence-corrected chi connectivity index (χ3v) is 3.75. The summed E-state index contributed by atoms with van der Waals surface area (Å²) >= 11 is 9.51. The highest BCUT2D eigenvalue weighted by Crippen LogP contribution is 2.29. The Labute approximate surface area is 130 Å². The van der Waals surface area contributed by atoms with Gasteiger partial charge in [-0.3, -0.25) is 4.98 Å². The second-order valence-electron chi connectivity index (χ2n) is 4.40. The molecule has 0 saturated carbocycles. The van der Waals surface area contributed by atoms with Crippen LogP contribution in [-0.2, 0) is 6.61 Å². The van der Waals surface area contributed by atoms with Crippen molar-refractivity contribution < 1.29 is 4.74 Å². The fourth-order valence-electron chi connectivity index (χ4n) is 1.97. The lowest BCUT2D eigenvalue weighted by atomic mass is 10.2. The summed E-state index contributed by atoms with van der Waals surface area (Å²) in [6.07, 6.45) is 1.73. The predicted octanol–water partition coefficient (Wildman–Crippen LogP) is 5.23. The lowest BCUT2D eigenvalue weighted by Crippen LogP contribution is -1.95. The number of hydrogen-bond donors (Lipinski definition) is 0. The average molecular weight is 349 g/mol. The Hall–Kier alpha value is -1.58. The van der Waals surface area contributed by atoms with Crippen LogP contribution >= 0.6 is 27.5 Å². The van der Waals surface area contributed by atoms with Gasteiger partial charge >= 0.3 is 0 Å². The molecule has 0 atom stereocenters. The first kappa shape index (κ1) is 13.4. The third-order valence-electron chi connectivity index (χ3n) is 2.92. The molecule has 0 aliphatic rings. The number of rotatable bonds is 3. The summed E-state index contributed by atoms with van der Waals surface area (Å²) in [5.74, 6) is 0.732. The van der Waals surface area contributed by atoms with Crippen LogP contribution in [-0.4, -0.2) is 4.98 Å². The Balaban J connectivity index is 1.86. The molecule has 3 aromatic rings. The van der Waals surface area contributed by atoms with Gasteiger partial charge in [0.2, 0.25) is 0 Å². The van der Waals surface area contributed by atoms with E-state index >= 15 is 0 Å². The molecule has 0 fully saturated rings. The number of ether oxygens (including phenoxy) is 1. The van der Waals surface area contributed by atoms with Crippen LogP contribution in [0.5, 0.6) is 5.75 Å². The van der Waals surface area contributed by atoms with E-state index < -0.39 is 0 Å². The molecule has 100 valence electrons. The van der Waals surface area contributed by atoms with Crippen LogP contribution < -0.4 is 4.74 Å². The summed E-state index contributed by atoms with van der Waals surface area (Å²) in [7, 11) is 0. The SMILES string of the molecule is Clc1cc(Br)c2ncc(OCc3ccccc3)cc2c1. The maximum absolute atomic E-state index is 6.05. The summed E-state index contributed by atoms with van der Waals surface area (Å²) in [6, 6.07) is 15.7. The van der Waals surface area contributed by atoms with E-state index in [9.17, 15) is 0 Å². The van der Waals surface area contributed by atoms with Gasteiger partial charge in [-0.05, 0) is 39.7 Å². The zero-order chi connectivity index (χ0) is 13.9. The van der Waals surface area contributed by atoms with E-state index in [0.29, 0.717) is 11.6 Å². The molecule has 0 unspecified atom stereocenters. The monoisotopic (exact) mass is 347 g/mol. The van der Waals surface area contributed by atoms with Crippen LogP contribution in [0.2, 0.25) is 5.02 Å². The molecule has 0 saturated heterocycles. The summed E-state index contributed by atoms with van der Waals surface area (Å²) in [4.78, 5) is 4.40. The van der Waals surface area contributed by atoms with E-state index in [1.807, 2.05) is 48.5 Å². The largest absolute Gasteiger partial charge is 0.487 e. The van der Waals surface area contributed by atoms with Crippen molar-refractivity contribution in [1.29, 1.82) is 0 Å². The van der Waals surface area contributed by atoms with Crippen molar-refractivity contribution in [2.24, 2.45) is 0 Å². The van der Waals surface area contributed by atoms with Crippen LogP contribution in [0.4, 0.5) is 0 Å². The first-order chi connectivity index (χ1) is 9.72. The third kappa shape index (κ3) is 2.94. The highest BCUT2D eigenvalue weighted by atomic mass is 79.9. The van der Waals surface area contributed by atoms with Gasteiger partial charge in [0.15, 0.2) is 0 Å². The Morgan fingerprint density at radius 2 is 1.90 bits per heavy atom. The zero-order valence-electron chi connectivity index (χ0n) is 10.5. The van der Waals surface area contributed by atoms with E-state index in [2.05, 4.69) is 20.9 Å². The highest BCUT2D eigenvalue weighted by Gasteiger charge is 2.04. The highest BCUT2D eigenvalue weighted by molar-refractivity contribution is 9.10. The van der Waals surface area contributed by atoms with Crippen molar-refractivity contribution in [1.82, 2.24) is 4.98 Å². The maximum atomic E-state index is 6.05. The Morgan fingerprint density at radius 1 is 1.10 bits per heavy atom. The average Bonchev–Trinajstić information content (AvgIpc) is 2.45. The van der Waals surface area contributed by atoms with Gasteiger partial charge in [-0.2, -0.15) is 0 Å². The number of halogens is 2. The summed E-state index contributed by atoms with van der Waals surface area (Å²) < 4.78 is 6.64. The first-order valence-corrected chi connectivity index (χ1v) is 7.31. The molecule has 0 radical (unpaired) electrons. The number of pyridine rings is 1. The van der Waals surface area contributed by atoms with E-state index in [0.717, 1.165) is 26.7 Å². The minimum absolute atomic E-state index is 0.524. The molecular weight excluding hydrogens is 338 g/mol. The number of benzene rings is 2. The van der Waals surface area contributed by atoms with E-state index in [-0.39, 0.29) is 0 Å². The van der Waals surface area contributed by atoms with Gasteiger partial charge in [-0.15, -0.1) is 0 Å². The Morgan fingerprint density at radius 3 is 2.70 bits per heavy atom. The van der Waals surface area contributed by atoms with Crippen LogP contribution in [0.3, 0.4) is 0 Å². The molecule has 0 N–H and O–H groups in total. The van der Waals surface area contributed by atoms with Crippen molar-refractivity contribution in [3.05, 3.63) is 69.8 Å². The molecule has 0 spiro atoms. The minimum atomic E-state index is 0.524. The number of nitrogens with zero attached hydrogens (tertiary/aromatic N) is 1. The number of aromatic nitrogens is 1. The van der Waals surface area contributed by atoms with Crippen molar-refractivity contribution >= 4 is 38.4 Å². The van der Waals surface area contributed by atoms with Crippen molar-refractivity contribution in [3.8, 4) is 5.75 Å². The summed E-state index contributed by atoms with van der Waals surface area (Å²) in [5, 5.41) is 1.63.